The smallest absolute Gasteiger partial charge is 0.243 e. The average molecular weight is 474 g/mol. The molecule has 0 bridgehead atoms. The van der Waals surface area contributed by atoms with Crippen LogP contribution in [0.4, 0.5) is 5.13 Å². The molecule has 0 radical (unpaired) electrons. The number of hydrogen-bond acceptors (Lipinski definition) is 5. The molecule has 160 valence electrons. The molecular formula is C22H20ClN3O3S2. The van der Waals surface area contributed by atoms with Crippen LogP contribution in [0.25, 0.3) is 11.3 Å². The van der Waals surface area contributed by atoms with Crippen LogP contribution in [-0.4, -0.2) is 36.7 Å². The van der Waals surface area contributed by atoms with Crippen LogP contribution < -0.4 is 5.32 Å². The van der Waals surface area contributed by atoms with Crippen molar-refractivity contribution in [2.24, 2.45) is 5.92 Å². The van der Waals surface area contributed by atoms with Crippen molar-refractivity contribution in [1.29, 1.82) is 0 Å². The zero-order chi connectivity index (χ0) is 21.6. The Kier molecular flexibility index (Phi) is 5.34. The van der Waals surface area contributed by atoms with Crippen molar-refractivity contribution in [2.75, 3.05) is 18.4 Å². The molecule has 31 heavy (non-hydrogen) atoms. The van der Waals surface area contributed by atoms with Crippen LogP contribution in [0.15, 0.2) is 53.4 Å². The molecule has 3 aromatic rings. The molecule has 0 spiro atoms. The molecule has 2 aromatic carbocycles. The van der Waals surface area contributed by atoms with Crippen molar-refractivity contribution in [3.05, 3.63) is 64.0 Å². The van der Waals surface area contributed by atoms with Gasteiger partial charge in [0.15, 0.2) is 5.13 Å². The first-order valence-electron chi connectivity index (χ1n) is 10.1. The van der Waals surface area contributed by atoms with Gasteiger partial charge >= 0.3 is 0 Å². The topological polar surface area (TPSA) is 79.4 Å². The number of nitrogens with zero attached hydrogens (tertiary/aromatic N) is 2. The van der Waals surface area contributed by atoms with Crippen LogP contribution in [0.1, 0.15) is 23.3 Å². The first-order valence-corrected chi connectivity index (χ1v) is 12.7. The van der Waals surface area contributed by atoms with Gasteiger partial charge in [0.1, 0.15) is 0 Å². The summed E-state index contributed by atoms with van der Waals surface area (Å²) in [6.45, 7) is 0.557. The number of aromatic nitrogens is 1. The summed E-state index contributed by atoms with van der Waals surface area (Å²) in [7, 11) is -3.67. The molecule has 2 heterocycles. The minimum Gasteiger partial charge on any atom is -0.302 e. The molecule has 1 aromatic heterocycles. The van der Waals surface area contributed by atoms with Crippen molar-refractivity contribution in [1.82, 2.24) is 9.29 Å². The minimum absolute atomic E-state index is 0.157. The lowest BCUT2D eigenvalue weighted by Crippen LogP contribution is -2.43. The molecule has 2 aliphatic rings. The summed E-state index contributed by atoms with van der Waals surface area (Å²) in [5.41, 5.74) is 3.31. The molecule has 1 fully saturated rings. The van der Waals surface area contributed by atoms with Gasteiger partial charge in [0.05, 0.1) is 16.5 Å². The fourth-order valence-electron chi connectivity index (χ4n) is 4.15. The second-order valence-corrected chi connectivity index (χ2v) is 11.2. The lowest BCUT2D eigenvalue weighted by Gasteiger charge is -2.31. The molecule has 1 amide bonds. The summed E-state index contributed by atoms with van der Waals surface area (Å²) >= 11 is 7.37. The van der Waals surface area contributed by atoms with E-state index in [1.807, 2.05) is 18.2 Å². The first-order chi connectivity index (χ1) is 14.9. The Morgan fingerprint density at radius 1 is 1.16 bits per heavy atom. The Bertz CT molecular complexity index is 1260. The van der Waals surface area contributed by atoms with Gasteiger partial charge in [-0.3, -0.25) is 4.79 Å². The van der Waals surface area contributed by atoms with Gasteiger partial charge < -0.3 is 5.32 Å². The third kappa shape index (κ3) is 3.89. The normalized spacial score (nSPS) is 18.4. The molecular weight excluding hydrogens is 454 g/mol. The standard InChI is InChI=1S/C22H20ClN3O3S2/c23-16-7-9-17(10-8-16)31(28,29)26-11-3-5-15(13-26)21(27)25-22-24-20-18-6-2-1-4-14(18)12-19(20)30-22/h1-2,4,6-10,15H,3,5,11-13H2,(H,24,25,27). The number of sulfonamides is 1. The summed E-state index contributed by atoms with van der Waals surface area (Å²) in [5, 5.41) is 3.97. The zero-order valence-electron chi connectivity index (χ0n) is 16.5. The number of nitrogens with one attached hydrogen (secondary N) is 1. The molecule has 1 N–H and O–H groups in total. The zero-order valence-corrected chi connectivity index (χ0v) is 18.9. The van der Waals surface area contributed by atoms with E-state index in [4.69, 9.17) is 11.6 Å². The number of carbonyl (C=O) groups is 1. The second-order valence-electron chi connectivity index (χ2n) is 7.77. The number of hydrogen-bond donors (Lipinski definition) is 1. The van der Waals surface area contributed by atoms with Gasteiger partial charge in [-0.15, -0.1) is 11.3 Å². The number of benzene rings is 2. The predicted molar refractivity (Wildman–Crippen MR) is 122 cm³/mol. The van der Waals surface area contributed by atoms with E-state index in [0.717, 1.165) is 22.6 Å². The minimum atomic E-state index is -3.67. The lowest BCUT2D eigenvalue weighted by molar-refractivity contribution is -0.120. The summed E-state index contributed by atoms with van der Waals surface area (Å²) in [4.78, 5) is 18.9. The van der Waals surface area contributed by atoms with Crippen LogP contribution in [0.5, 0.6) is 0 Å². The van der Waals surface area contributed by atoms with E-state index in [9.17, 15) is 13.2 Å². The highest BCUT2D eigenvalue weighted by atomic mass is 35.5. The van der Waals surface area contributed by atoms with Gasteiger partial charge in [-0.05, 0) is 42.7 Å². The largest absolute Gasteiger partial charge is 0.302 e. The van der Waals surface area contributed by atoms with Crippen molar-refractivity contribution >= 4 is 44.0 Å². The number of halogens is 1. The number of carbonyl (C=O) groups excluding carboxylic acids is 1. The van der Waals surface area contributed by atoms with Crippen molar-refractivity contribution in [2.45, 2.75) is 24.2 Å². The predicted octanol–water partition coefficient (Wildman–Crippen LogP) is 4.41. The molecule has 5 rings (SSSR count). The highest BCUT2D eigenvalue weighted by molar-refractivity contribution is 7.89. The van der Waals surface area contributed by atoms with Gasteiger partial charge in [-0.2, -0.15) is 4.31 Å². The molecule has 1 aliphatic carbocycles. The molecule has 0 saturated carbocycles. The number of amides is 1. The molecule has 9 heteroatoms. The van der Waals surface area contributed by atoms with E-state index in [1.165, 1.54) is 33.3 Å². The van der Waals surface area contributed by atoms with Crippen LogP contribution >= 0.6 is 22.9 Å². The Balaban J connectivity index is 1.29. The van der Waals surface area contributed by atoms with Crippen LogP contribution in [0, 0.1) is 5.92 Å². The SMILES string of the molecule is O=C(Nc1nc2c(s1)Cc1ccccc1-2)C1CCCN(S(=O)(=O)c2ccc(Cl)cc2)C1. The maximum absolute atomic E-state index is 13.0. The van der Waals surface area contributed by atoms with Crippen molar-refractivity contribution in [3.63, 3.8) is 0 Å². The monoisotopic (exact) mass is 473 g/mol. The first kappa shape index (κ1) is 20.6. The number of anilines is 1. The van der Waals surface area contributed by atoms with Gasteiger partial charge in [0.2, 0.25) is 15.9 Å². The second kappa shape index (κ2) is 8.02. The molecule has 6 nitrogen and oxygen atoms in total. The van der Waals surface area contributed by atoms with E-state index in [1.54, 1.807) is 12.1 Å². The molecule has 1 saturated heterocycles. The van der Waals surface area contributed by atoms with E-state index in [0.29, 0.717) is 29.5 Å². The Morgan fingerprint density at radius 3 is 2.74 bits per heavy atom. The highest BCUT2D eigenvalue weighted by Gasteiger charge is 2.34. The summed E-state index contributed by atoms with van der Waals surface area (Å²) in [6.07, 6.45) is 2.11. The van der Waals surface area contributed by atoms with Gasteiger partial charge in [0.25, 0.3) is 0 Å². The maximum atomic E-state index is 13.0. The van der Waals surface area contributed by atoms with Crippen LogP contribution in [0.3, 0.4) is 0 Å². The van der Waals surface area contributed by atoms with Gasteiger partial charge in [0, 0.05) is 35.0 Å². The van der Waals surface area contributed by atoms with E-state index in [-0.39, 0.29) is 17.3 Å². The third-order valence-electron chi connectivity index (χ3n) is 5.76. The lowest BCUT2D eigenvalue weighted by atomic mass is 9.99. The molecule has 1 unspecified atom stereocenters. The Labute approximate surface area is 189 Å². The fourth-order valence-corrected chi connectivity index (χ4v) is 6.80. The third-order valence-corrected chi connectivity index (χ3v) is 8.86. The summed E-state index contributed by atoms with van der Waals surface area (Å²) in [6, 6.07) is 14.3. The summed E-state index contributed by atoms with van der Waals surface area (Å²) in [5.74, 6) is -0.599. The van der Waals surface area contributed by atoms with Crippen LogP contribution in [0.2, 0.25) is 5.02 Å². The number of thiazole rings is 1. The fraction of sp³-hybridized carbons (Fsp3) is 0.273. The summed E-state index contributed by atoms with van der Waals surface area (Å²) < 4.78 is 27.3. The quantitative estimate of drug-likeness (QED) is 0.476. The van der Waals surface area contributed by atoms with Gasteiger partial charge in [-0.1, -0.05) is 35.9 Å². The van der Waals surface area contributed by atoms with Gasteiger partial charge in [-0.25, -0.2) is 13.4 Å². The molecule has 1 aliphatic heterocycles. The molecule has 1 atom stereocenters. The van der Waals surface area contributed by atoms with Crippen molar-refractivity contribution in [3.8, 4) is 11.3 Å². The average Bonchev–Trinajstić information content (AvgIpc) is 3.31. The Morgan fingerprint density at radius 2 is 1.94 bits per heavy atom. The van der Waals surface area contributed by atoms with Crippen molar-refractivity contribution < 1.29 is 13.2 Å². The number of piperidine rings is 1. The van der Waals surface area contributed by atoms with E-state index >= 15 is 0 Å². The van der Waals surface area contributed by atoms with Crippen LogP contribution in [-0.2, 0) is 21.2 Å². The van der Waals surface area contributed by atoms with E-state index in [2.05, 4.69) is 16.4 Å². The highest BCUT2D eigenvalue weighted by Crippen LogP contribution is 2.41. The number of rotatable bonds is 4. The maximum Gasteiger partial charge on any atom is 0.243 e. The van der Waals surface area contributed by atoms with E-state index < -0.39 is 15.9 Å². The Hall–Kier alpha value is -2.26. The number of fused-ring (bicyclic) bond motifs is 3.